The number of hydrogen-bond acceptors (Lipinski definition) is 4. The van der Waals surface area contributed by atoms with Crippen molar-refractivity contribution in [2.45, 2.75) is 45.2 Å². The van der Waals surface area contributed by atoms with Crippen molar-refractivity contribution in [3.8, 4) is 11.5 Å². The van der Waals surface area contributed by atoms with Crippen LogP contribution in [0.2, 0.25) is 0 Å². The Bertz CT molecular complexity index is 670. The molecule has 0 radical (unpaired) electrons. The Morgan fingerprint density at radius 1 is 1.16 bits per heavy atom. The van der Waals surface area contributed by atoms with E-state index in [1.165, 1.54) is 5.56 Å². The summed E-state index contributed by atoms with van der Waals surface area (Å²) in [6, 6.07) is 4.31. The summed E-state index contributed by atoms with van der Waals surface area (Å²) in [6.07, 6.45) is 3.32. The van der Waals surface area contributed by atoms with Crippen LogP contribution < -0.4 is 9.47 Å². The van der Waals surface area contributed by atoms with Crippen molar-refractivity contribution in [2.75, 3.05) is 27.3 Å². The summed E-state index contributed by atoms with van der Waals surface area (Å²) in [5, 5.41) is 0. The van der Waals surface area contributed by atoms with Crippen LogP contribution in [0.5, 0.6) is 11.5 Å². The van der Waals surface area contributed by atoms with Gasteiger partial charge in [0.15, 0.2) is 11.5 Å². The Hall–Kier alpha value is -2.24. The number of fused-ring (bicyclic) bond motifs is 1. The average molecular weight is 346 g/mol. The average Bonchev–Trinajstić information content (AvgIpc) is 3.44. The number of rotatable bonds is 6. The van der Waals surface area contributed by atoms with Crippen molar-refractivity contribution in [3.05, 3.63) is 23.3 Å². The first kappa shape index (κ1) is 17.6. The van der Waals surface area contributed by atoms with Gasteiger partial charge in [0, 0.05) is 39.0 Å². The zero-order valence-corrected chi connectivity index (χ0v) is 15.2. The van der Waals surface area contributed by atoms with E-state index in [1.54, 1.807) is 21.1 Å². The summed E-state index contributed by atoms with van der Waals surface area (Å²) >= 11 is 0. The number of carbonyl (C=O) groups is 2. The van der Waals surface area contributed by atoms with Crippen LogP contribution in [0.3, 0.4) is 0 Å². The summed E-state index contributed by atoms with van der Waals surface area (Å²) in [5.41, 5.74) is 2.30. The van der Waals surface area contributed by atoms with E-state index in [4.69, 9.17) is 9.47 Å². The van der Waals surface area contributed by atoms with Crippen LogP contribution in [0, 0.1) is 0 Å². The van der Waals surface area contributed by atoms with E-state index >= 15 is 0 Å². The normalized spacial score (nSPS) is 16.2. The second kappa shape index (κ2) is 7.33. The number of ether oxygens (including phenoxy) is 2. The van der Waals surface area contributed by atoms with Gasteiger partial charge in [0.05, 0.1) is 14.2 Å². The van der Waals surface area contributed by atoms with Crippen LogP contribution in [0.25, 0.3) is 0 Å². The molecule has 6 nitrogen and oxygen atoms in total. The smallest absolute Gasteiger partial charge is 0.224 e. The second-order valence-corrected chi connectivity index (χ2v) is 6.73. The second-order valence-electron chi connectivity index (χ2n) is 6.73. The Kier molecular flexibility index (Phi) is 5.16. The van der Waals surface area contributed by atoms with Gasteiger partial charge in [-0.3, -0.25) is 9.59 Å². The molecule has 1 aliphatic heterocycles. The summed E-state index contributed by atoms with van der Waals surface area (Å²) in [5.74, 6) is 1.58. The highest BCUT2D eigenvalue weighted by Gasteiger charge is 2.31. The minimum absolute atomic E-state index is 0.0659. The fourth-order valence-electron chi connectivity index (χ4n) is 3.45. The van der Waals surface area contributed by atoms with Crippen LogP contribution in [0.1, 0.15) is 37.3 Å². The van der Waals surface area contributed by atoms with Gasteiger partial charge in [0.25, 0.3) is 0 Å². The van der Waals surface area contributed by atoms with Crippen molar-refractivity contribution in [2.24, 2.45) is 0 Å². The summed E-state index contributed by atoms with van der Waals surface area (Å²) in [7, 11) is 3.24. The fraction of sp³-hybridized carbons (Fsp3) is 0.579. The standard InChI is InChI=1S/C19H26N2O4/c1-13(22)21(16-4-5-16)9-7-19(23)20-8-6-14-10-17(24-2)18(25-3)11-15(14)12-20/h10-11,16H,4-9,12H2,1-3H3. The molecular weight excluding hydrogens is 320 g/mol. The molecule has 1 aromatic rings. The van der Waals surface area contributed by atoms with E-state index in [0.29, 0.717) is 37.8 Å². The minimum Gasteiger partial charge on any atom is -0.493 e. The molecule has 25 heavy (non-hydrogen) atoms. The van der Waals surface area contributed by atoms with Gasteiger partial charge in [0.2, 0.25) is 11.8 Å². The Morgan fingerprint density at radius 2 is 1.80 bits per heavy atom. The Balaban J connectivity index is 1.63. The number of carbonyl (C=O) groups excluding carboxylic acids is 2. The van der Waals surface area contributed by atoms with E-state index in [-0.39, 0.29) is 11.8 Å². The van der Waals surface area contributed by atoms with Crippen molar-refractivity contribution in [1.82, 2.24) is 9.80 Å². The topological polar surface area (TPSA) is 59.1 Å². The first-order chi connectivity index (χ1) is 12.0. The molecule has 1 heterocycles. The highest BCUT2D eigenvalue weighted by atomic mass is 16.5. The highest BCUT2D eigenvalue weighted by molar-refractivity contribution is 5.78. The number of hydrogen-bond donors (Lipinski definition) is 0. The molecule has 2 aliphatic rings. The Morgan fingerprint density at radius 3 is 2.36 bits per heavy atom. The molecule has 0 unspecified atom stereocenters. The predicted molar refractivity (Wildman–Crippen MR) is 93.7 cm³/mol. The van der Waals surface area contributed by atoms with Crippen LogP contribution in [-0.2, 0) is 22.6 Å². The molecule has 1 aromatic carbocycles. The van der Waals surface area contributed by atoms with Crippen molar-refractivity contribution >= 4 is 11.8 Å². The lowest BCUT2D eigenvalue weighted by Crippen LogP contribution is -2.39. The van der Waals surface area contributed by atoms with E-state index in [9.17, 15) is 9.59 Å². The van der Waals surface area contributed by atoms with Gasteiger partial charge in [0.1, 0.15) is 0 Å². The highest BCUT2D eigenvalue weighted by Crippen LogP contribution is 2.33. The number of methoxy groups -OCH3 is 2. The monoisotopic (exact) mass is 346 g/mol. The van der Waals surface area contributed by atoms with Crippen LogP contribution in [0.4, 0.5) is 0 Å². The fourth-order valence-corrected chi connectivity index (χ4v) is 3.45. The molecule has 2 amide bonds. The Labute approximate surface area is 148 Å². The lowest BCUT2D eigenvalue weighted by Gasteiger charge is -2.30. The van der Waals surface area contributed by atoms with Gasteiger partial charge in [-0.25, -0.2) is 0 Å². The molecule has 0 N–H and O–H groups in total. The first-order valence-corrected chi connectivity index (χ1v) is 8.82. The summed E-state index contributed by atoms with van der Waals surface area (Å²) in [6.45, 7) is 3.39. The third-order valence-corrected chi connectivity index (χ3v) is 5.03. The van der Waals surface area contributed by atoms with Gasteiger partial charge in [-0.1, -0.05) is 0 Å². The minimum atomic E-state index is 0.0659. The van der Waals surface area contributed by atoms with Crippen molar-refractivity contribution < 1.29 is 19.1 Å². The molecule has 0 saturated heterocycles. The lowest BCUT2D eigenvalue weighted by atomic mass is 9.98. The number of amides is 2. The van der Waals surface area contributed by atoms with E-state index < -0.39 is 0 Å². The van der Waals surface area contributed by atoms with Crippen LogP contribution in [-0.4, -0.2) is 55.0 Å². The van der Waals surface area contributed by atoms with E-state index in [0.717, 1.165) is 30.6 Å². The SMILES string of the molecule is COc1cc2c(cc1OC)CN(C(=O)CCN(C(C)=O)C1CC1)CC2. The number of nitrogens with zero attached hydrogens (tertiary/aromatic N) is 2. The molecule has 1 fully saturated rings. The van der Waals surface area contributed by atoms with Gasteiger partial charge in [-0.2, -0.15) is 0 Å². The molecule has 1 aliphatic carbocycles. The molecule has 6 heteroatoms. The predicted octanol–water partition coefficient (Wildman–Crippen LogP) is 1.99. The van der Waals surface area contributed by atoms with E-state index in [2.05, 4.69) is 0 Å². The molecule has 0 bridgehead atoms. The molecule has 136 valence electrons. The zero-order valence-electron chi connectivity index (χ0n) is 15.2. The van der Waals surface area contributed by atoms with Gasteiger partial charge in [-0.05, 0) is 42.5 Å². The maximum atomic E-state index is 12.6. The maximum Gasteiger partial charge on any atom is 0.224 e. The van der Waals surface area contributed by atoms with Crippen molar-refractivity contribution in [1.29, 1.82) is 0 Å². The van der Waals surface area contributed by atoms with Crippen LogP contribution >= 0.6 is 0 Å². The van der Waals surface area contributed by atoms with E-state index in [1.807, 2.05) is 21.9 Å². The molecule has 0 spiro atoms. The third-order valence-electron chi connectivity index (χ3n) is 5.03. The van der Waals surface area contributed by atoms with Gasteiger partial charge in [-0.15, -0.1) is 0 Å². The largest absolute Gasteiger partial charge is 0.493 e. The summed E-state index contributed by atoms with van der Waals surface area (Å²) in [4.78, 5) is 28.0. The third kappa shape index (κ3) is 3.89. The lowest BCUT2D eigenvalue weighted by molar-refractivity contribution is -0.134. The molecule has 3 rings (SSSR count). The van der Waals surface area contributed by atoms with Gasteiger partial charge < -0.3 is 19.3 Å². The van der Waals surface area contributed by atoms with Crippen LogP contribution in [0.15, 0.2) is 12.1 Å². The maximum absolute atomic E-state index is 12.6. The van der Waals surface area contributed by atoms with Gasteiger partial charge >= 0.3 is 0 Å². The molecular formula is C19H26N2O4. The molecule has 1 saturated carbocycles. The van der Waals surface area contributed by atoms with Crippen molar-refractivity contribution in [3.63, 3.8) is 0 Å². The quantitative estimate of drug-likeness (QED) is 0.790. The number of benzene rings is 1. The zero-order chi connectivity index (χ0) is 18.0. The first-order valence-electron chi connectivity index (χ1n) is 8.82. The molecule has 0 aromatic heterocycles. The summed E-state index contributed by atoms with van der Waals surface area (Å²) < 4.78 is 10.7. The molecule has 0 atom stereocenters.